The van der Waals surface area contributed by atoms with Crippen LogP contribution in [0.5, 0.6) is 5.75 Å². The third-order valence-electron chi connectivity index (χ3n) is 3.09. The lowest BCUT2D eigenvalue weighted by molar-refractivity contribution is -0.131. The maximum atomic E-state index is 11.0. The molecule has 0 aliphatic rings. The van der Waals surface area contributed by atoms with E-state index in [9.17, 15) is 4.79 Å². The van der Waals surface area contributed by atoms with Crippen LogP contribution in [0.15, 0.2) is 59.2 Å². The van der Waals surface area contributed by atoms with Gasteiger partial charge in [0.2, 0.25) is 0 Å². The topological polar surface area (TPSA) is 39.4 Å². The van der Waals surface area contributed by atoms with Gasteiger partial charge in [-0.15, -0.1) is 0 Å². The summed E-state index contributed by atoms with van der Waals surface area (Å²) in [7, 11) is 0. The molecule has 2 aromatic carbocycles. The van der Waals surface area contributed by atoms with Crippen LogP contribution in [0.2, 0.25) is 0 Å². The second kappa shape index (κ2) is 5.50. The quantitative estimate of drug-likeness (QED) is 0.388. The van der Waals surface area contributed by atoms with Gasteiger partial charge in [0.25, 0.3) is 0 Å². The van der Waals surface area contributed by atoms with Crippen molar-refractivity contribution in [3.05, 3.63) is 59.3 Å². The number of esters is 1. The summed E-state index contributed by atoms with van der Waals surface area (Å²) in [6.07, 6.45) is 1.64. The molecule has 1 aromatic heterocycles. The molecule has 0 saturated heterocycles. The SMILES string of the molecule is CC(=O)Oc1ccc2c(=S)c(-c3ccccc3)coc2c1. The molecule has 3 rings (SSSR count). The van der Waals surface area contributed by atoms with E-state index in [1.807, 2.05) is 36.4 Å². The maximum absolute atomic E-state index is 11.0. The Morgan fingerprint density at radius 2 is 1.90 bits per heavy atom. The molecule has 0 amide bonds. The Hall–Kier alpha value is -2.46. The molecular formula is C17H12O3S. The zero-order valence-corrected chi connectivity index (χ0v) is 12.1. The third kappa shape index (κ3) is 2.71. The highest BCUT2D eigenvalue weighted by atomic mass is 32.1. The Morgan fingerprint density at radius 3 is 2.62 bits per heavy atom. The van der Waals surface area contributed by atoms with E-state index in [0.717, 1.165) is 21.0 Å². The summed E-state index contributed by atoms with van der Waals surface area (Å²) >= 11 is 5.54. The maximum Gasteiger partial charge on any atom is 0.308 e. The molecule has 21 heavy (non-hydrogen) atoms. The minimum atomic E-state index is -0.367. The Bertz CT molecular complexity index is 866. The number of hydrogen-bond acceptors (Lipinski definition) is 4. The van der Waals surface area contributed by atoms with E-state index in [0.29, 0.717) is 11.3 Å². The lowest BCUT2D eigenvalue weighted by Gasteiger charge is -2.06. The van der Waals surface area contributed by atoms with Crippen LogP contribution >= 0.6 is 12.2 Å². The third-order valence-corrected chi connectivity index (χ3v) is 3.53. The van der Waals surface area contributed by atoms with Crippen molar-refractivity contribution in [2.45, 2.75) is 6.92 Å². The minimum absolute atomic E-state index is 0.367. The Labute approximate surface area is 126 Å². The molecule has 0 radical (unpaired) electrons. The number of hydrogen-bond donors (Lipinski definition) is 0. The number of carbonyl (C=O) groups is 1. The lowest BCUT2D eigenvalue weighted by atomic mass is 10.1. The number of ether oxygens (including phenoxy) is 1. The summed E-state index contributed by atoms with van der Waals surface area (Å²) in [5, 5.41) is 0.822. The van der Waals surface area contributed by atoms with Crippen LogP contribution in [0.4, 0.5) is 0 Å². The van der Waals surface area contributed by atoms with Gasteiger partial charge in [-0.3, -0.25) is 4.79 Å². The predicted molar refractivity (Wildman–Crippen MR) is 83.8 cm³/mol. The van der Waals surface area contributed by atoms with Gasteiger partial charge in [-0.1, -0.05) is 42.5 Å². The molecule has 0 aliphatic carbocycles. The van der Waals surface area contributed by atoms with Gasteiger partial charge in [0.05, 0.1) is 4.51 Å². The van der Waals surface area contributed by atoms with Gasteiger partial charge in [0, 0.05) is 23.9 Å². The first-order valence-electron chi connectivity index (χ1n) is 6.44. The molecule has 3 nitrogen and oxygen atoms in total. The van der Waals surface area contributed by atoms with Crippen molar-refractivity contribution in [2.75, 3.05) is 0 Å². The van der Waals surface area contributed by atoms with Crippen LogP contribution < -0.4 is 4.74 Å². The van der Waals surface area contributed by atoms with E-state index < -0.39 is 0 Å². The van der Waals surface area contributed by atoms with Crippen molar-refractivity contribution in [2.24, 2.45) is 0 Å². The smallest absolute Gasteiger partial charge is 0.308 e. The predicted octanol–water partition coefficient (Wildman–Crippen LogP) is 4.75. The minimum Gasteiger partial charge on any atom is -0.463 e. The molecule has 4 heteroatoms. The summed E-state index contributed by atoms with van der Waals surface area (Å²) in [5.41, 5.74) is 2.48. The zero-order valence-electron chi connectivity index (χ0n) is 11.3. The lowest BCUT2D eigenvalue weighted by Crippen LogP contribution is -2.00. The van der Waals surface area contributed by atoms with Crippen LogP contribution in [-0.4, -0.2) is 5.97 Å². The normalized spacial score (nSPS) is 10.5. The summed E-state index contributed by atoms with van der Waals surface area (Å²) in [6, 6.07) is 15.0. The average molecular weight is 296 g/mol. The second-order valence-corrected chi connectivity index (χ2v) is 5.00. The number of rotatable bonds is 2. The van der Waals surface area contributed by atoms with Crippen LogP contribution in [0.3, 0.4) is 0 Å². The fourth-order valence-corrected chi connectivity index (χ4v) is 2.49. The van der Waals surface area contributed by atoms with Gasteiger partial charge in [-0.05, 0) is 17.7 Å². The fourth-order valence-electron chi connectivity index (χ4n) is 2.16. The molecule has 0 saturated carbocycles. The Morgan fingerprint density at radius 1 is 1.14 bits per heavy atom. The van der Waals surface area contributed by atoms with Crippen molar-refractivity contribution in [1.29, 1.82) is 0 Å². The van der Waals surface area contributed by atoms with Crippen LogP contribution in [0.25, 0.3) is 22.1 Å². The van der Waals surface area contributed by atoms with Crippen molar-refractivity contribution in [3.8, 4) is 16.9 Å². The Balaban J connectivity index is 2.14. The molecular weight excluding hydrogens is 284 g/mol. The van der Waals surface area contributed by atoms with E-state index in [-0.39, 0.29) is 5.97 Å². The number of benzene rings is 2. The van der Waals surface area contributed by atoms with E-state index in [4.69, 9.17) is 21.4 Å². The van der Waals surface area contributed by atoms with E-state index in [1.165, 1.54) is 6.92 Å². The van der Waals surface area contributed by atoms with Gasteiger partial charge >= 0.3 is 5.97 Å². The monoisotopic (exact) mass is 296 g/mol. The summed E-state index contributed by atoms with van der Waals surface area (Å²) in [4.78, 5) is 11.0. The largest absolute Gasteiger partial charge is 0.463 e. The first-order chi connectivity index (χ1) is 10.1. The molecule has 3 aromatic rings. The molecule has 0 bridgehead atoms. The molecule has 1 heterocycles. The second-order valence-electron chi connectivity index (χ2n) is 4.60. The van der Waals surface area contributed by atoms with Gasteiger partial charge < -0.3 is 9.15 Å². The van der Waals surface area contributed by atoms with Crippen LogP contribution in [-0.2, 0) is 4.79 Å². The molecule has 104 valence electrons. The van der Waals surface area contributed by atoms with Gasteiger partial charge in [0.15, 0.2) is 0 Å². The van der Waals surface area contributed by atoms with Crippen molar-refractivity contribution < 1.29 is 13.9 Å². The van der Waals surface area contributed by atoms with E-state index in [2.05, 4.69) is 0 Å². The zero-order chi connectivity index (χ0) is 14.8. The number of carbonyl (C=O) groups excluding carboxylic acids is 1. The van der Waals surface area contributed by atoms with Gasteiger partial charge in [0.1, 0.15) is 17.6 Å². The highest BCUT2D eigenvalue weighted by Crippen LogP contribution is 2.29. The van der Waals surface area contributed by atoms with Gasteiger partial charge in [-0.2, -0.15) is 0 Å². The molecule has 0 unspecified atom stereocenters. The molecule has 0 aliphatic heterocycles. The fraction of sp³-hybridized carbons (Fsp3) is 0.0588. The summed E-state index contributed by atoms with van der Waals surface area (Å²) < 4.78 is 11.4. The molecule has 0 spiro atoms. The van der Waals surface area contributed by atoms with Crippen LogP contribution in [0, 0.1) is 4.51 Å². The first kappa shape index (κ1) is 13.5. The van der Waals surface area contributed by atoms with Crippen molar-refractivity contribution in [3.63, 3.8) is 0 Å². The standard InChI is InChI=1S/C17H12O3S/c1-11(18)20-13-7-8-14-16(9-13)19-10-15(17(14)21)12-5-3-2-4-6-12/h2-10H,1H3. The summed E-state index contributed by atoms with van der Waals surface area (Å²) in [6.45, 7) is 1.36. The highest BCUT2D eigenvalue weighted by molar-refractivity contribution is 7.71. The van der Waals surface area contributed by atoms with Crippen molar-refractivity contribution >= 4 is 29.2 Å². The van der Waals surface area contributed by atoms with Crippen LogP contribution in [0.1, 0.15) is 6.92 Å². The molecule has 0 fully saturated rings. The van der Waals surface area contributed by atoms with Crippen molar-refractivity contribution in [1.82, 2.24) is 0 Å². The number of fused-ring (bicyclic) bond motifs is 1. The average Bonchev–Trinajstić information content (AvgIpc) is 2.48. The highest BCUT2D eigenvalue weighted by Gasteiger charge is 2.08. The first-order valence-corrected chi connectivity index (χ1v) is 6.85. The Kier molecular flexibility index (Phi) is 3.54. The van der Waals surface area contributed by atoms with E-state index >= 15 is 0 Å². The van der Waals surface area contributed by atoms with Gasteiger partial charge in [-0.25, -0.2) is 0 Å². The summed E-state index contributed by atoms with van der Waals surface area (Å²) in [5.74, 6) is 0.0782. The molecule has 0 atom stereocenters. The van der Waals surface area contributed by atoms with E-state index in [1.54, 1.807) is 18.4 Å². The molecule has 0 N–H and O–H groups in total.